The van der Waals surface area contributed by atoms with Crippen molar-refractivity contribution in [3.8, 4) is 0 Å². The first-order valence-electron chi connectivity index (χ1n) is 10.9. The highest BCUT2D eigenvalue weighted by Gasteiger charge is 2.32. The van der Waals surface area contributed by atoms with Crippen LogP contribution in [0.15, 0.2) is 54.6 Å². The molecule has 1 fully saturated rings. The zero-order chi connectivity index (χ0) is 20.9. The molecule has 4 rings (SSSR count). The Bertz CT molecular complexity index is 914. The maximum atomic E-state index is 13.2. The van der Waals surface area contributed by atoms with E-state index < -0.39 is 0 Å². The Morgan fingerprint density at radius 3 is 2.33 bits per heavy atom. The van der Waals surface area contributed by atoms with Crippen LogP contribution >= 0.6 is 0 Å². The Labute approximate surface area is 177 Å². The van der Waals surface area contributed by atoms with Crippen molar-refractivity contribution in [3.05, 3.63) is 77.4 Å². The number of piperidine rings is 1. The monoisotopic (exact) mass is 407 g/mol. The van der Waals surface area contributed by atoms with E-state index in [-0.39, 0.29) is 11.9 Å². The summed E-state index contributed by atoms with van der Waals surface area (Å²) in [5.41, 5.74) is 2.42. The second kappa shape index (κ2) is 9.47. The number of likely N-dealkylation sites (tertiary alicyclic amines) is 1. The molecule has 0 saturated carbocycles. The smallest absolute Gasteiger partial charge is 0.169 e. The normalized spacial score (nSPS) is 16.8. The predicted molar refractivity (Wildman–Crippen MR) is 115 cm³/mol. The lowest BCUT2D eigenvalue weighted by molar-refractivity contribution is 0.0954. The molecule has 0 radical (unpaired) electrons. The zero-order valence-corrected chi connectivity index (χ0v) is 17.8. The molecular weight excluding hydrogens is 377 g/mol. The molecule has 2 aromatic carbocycles. The van der Waals surface area contributed by atoms with E-state index in [0.717, 1.165) is 36.8 Å². The van der Waals surface area contributed by atoms with Crippen LogP contribution in [-0.2, 0) is 13.0 Å². The minimum Gasteiger partial charge on any atom is -0.293 e. The molecule has 6 heteroatoms. The average molecular weight is 408 g/mol. The quantitative estimate of drug-likeness (QED) is 0.578. The first kappa shape index (κ1) is 20.7. The van der Waals surface area contributed by atoms with E-state index in [1.165, 1.54) is 30.5 Å². The summed E-state index contributed by atoms with van der Waals surface area (Å²) in [6, 6.07) is 17.5. The van der Waals surface area contributed by atoms with E-state index in [1.807, 2.05) is 4.68 Å². The molecule has 0 amide bonds. The number of hydrogen-bond acceptors (Lipinski definition) is 4. The van der Waals surface area contributed by atoms with Gasteiger partial charge in [0.05, 0.1) is 12.6 Å². The third-order valence-electron chi connectivity index (χ3n) is 6.11. The molecule has 30 heavy (non-hydrogen) atoms. The lowest BCUT2D eigenvalue weighted by atomic mass is 9.88. The molecule has 1 aromatic heterocycles. The van der Waals surface area contributed by atoms with E-state index in [1.54, 1.807) is 12.1 Å². The van der Waals surface area contributed by atoms with Crippen LogP contribution in [0.25, 0.3) is 0 Å². The van der Waals surface area contributed by atoms with Crippen molar-refractivity contribution in [2.45, 2.75) is 45.7 Å². The summed E-state index contributed by atoms with van der Waals surface area (Å²) in [5.74, 6) is 1.80. The standard InChI is InChI=1S/C24H30FN5/c1-18(2)23(24-26-27-28-30(24)17-21-8-10-22(25)11-9-21)29-14-12-20(13-15-29)16-19-6-4-3-5-7-19/h3-11,18,20,23H,12-17H2,1-2H3/t23-/m0/s1. The minimum atomic E-state index is -0.228. The molecule has 3 aromatic rings. The molecule has 1 atom stereocenters. The van der Waals surface area contributed by atoms with Crippen LogP contribution in [0, 0.1) is 17.7 Å². The van der Waals surface area contributed by atoms with Crippen molar-refractivity contribution < 1.29 is 4.39 Å². The van der Waals surface area contributed by atoms with Crippen LogP contribution in [0.1, 0.15) is 49.7 Å². The number of aromatic nitrogens is 4. The summed E-state index contributed by atoms with van der Waals surface area (Å²) in [7, 11) is 0. The maximum Gasteiger partial charge on any atom is 0.169 e. The SMILES string of the molecule is CC(C)[C@@H](c1nnnn1Cc1ccc(F)cc1)N1CCC(Cc2ccccc2)CC1. The highest BCUT2D eigenvalue weighted by molar-refractivity contribution is 5.17. The van der Waals surface area contributed by atoms with Gasteiger partial charge in [0, 0.05) is 0 Å². The Hall–Kier alpha value is -2.60. The maximum absolute atomic E-state index is 13.2. The number of hydrogen-bond donors (Lipinski definition) is 0. The first-order chi connectivity index (χ1) is 14.6. The van der Waals surface area contributed by atoms with Gasteiger partial charge in [-0.05, 0) is 77.9 Å². The van der Waals surface area contributed by atoms with Crippen molar-refractivity contribution >= 4 is 0 Å². The van der Waals surface area contributed by atoms with Gasteiger partial charge in [-0.15, -0.1) is 5.10 Å². The summed E-state index contributed by atoms with van der Waals surface area (Å²) >= 11 is 0. The molecule has 1 aliphatic heterocycles. The molecule has 1 saturated heterocycles. The van der Waals surface area contributed by atoms with Crippen molar-refractivity contribution in [2.24, 2.45) is 11.8 Å². The van der Waals surface area contributed by atoms with Crippen LogP contribution < -0.4 is 0 Å². The number of benzene rings is 2. The van der Waals surface area contributed by atoms with Crippen LogP contribution in [-0.4, -0.2) is 38.2 Å². The fraction of sp³-hybridized carbons (Fsp3) is 0.458. The van der Waals surface area contributed by atoms with Gasteiger partial charge in [-0.1, -0.05) is 56.3 Å². The predicted octanol–water partition coefficient (Wildman–Crippen LogP) is 4.51. The molecule has 0 bridgehead atoms. The number of halogens is 1. The van der Waals surface area contributed by atoms with Crippen LogP contribution in [0.4, 0.5) is 4.39 Å². The van der Waals surface area contributed by atoms with Crippen molar-refractivity contribution in [3.63, 3.8) is 0 Å². The average Bonchev–Trinajstić information content (AvgIpc) is 3.19. The molecule has 0 spiro atoms. The second-order valence-electron chi connectivity index (χ2n) is 8.68. The molecule has 2 heterocycles. The van der Waals surface area contributed by atoms with E-state index in [9.17, 15) is 4.39 Å². The van der Waals surface area contributed by atoms with Crippen molar-refractivity contribution in [1.29, 1.82) is 0 Å². The molecular formula is C24H30FN5. The summed E-state index contributed by atoms with van der Waals surface area (Å²) in [4.78, 5) is 2.54. The topological polar surface area (TPSA) is 46.8 Å². The lowest BCUT2D eigenvalue weighted by Gasteiger charge is -2.38. The van der Waals surface area contributed by atoms with Gasteiger partial charge in [-0.3, -0.25) is 4.90 Å². The molecule has 0 aliphatic carbocycles. The van der Waals surface area contributed by atoms with Gasteiger partial charge < -0.3 is 0 Å². The Balaban J connectivity index is 1.44. The summed E-state index contributed by atoms with van der Waals surface area (Å²) in [5, 5.41) is 12.6. The molecule has 158 valence electrons. The van der Waals surface area contributed by atoms with Gasteiger partial charge in [0.15, 0.2) is 5.82 Å². The number of nitrogens with zero attached hydrogens (tertiary/aromatic N) is 5. The largest absolute Gasteiger partial charge is 0.293 e. The van der Waals surface area contributed by atoms with Crippen LogP contribution in [0.2, 0.25) is 0 Å². The summed E-state index contributed by atoms with van der Waals surface area (Å²) < 4.78 is 15.1. The zero-order valence-electron chi connectivity index (χ0n) is 17.8. The Morgan fingerprint density at radius 1 is 0.967 bits per heavy atom. The number of rotatable bonds is 7. The van der Waals surface area contributed by atoms with Crippen LogP contribution in [0.5, 0.6) is 0 Å². The highest BCUT2D eigenvalue weighted by atomic mass is 19.1. The van der Waals surface area contributed by atoms with E-state index in [4.69, 9.17) is 0 Å². The molecule has 0 N–H and O–H groups in total. The first-order valence-corrected chi connectivity index (χ1v) is 10.9. The fourth-order valence-electron chi connectivity index (χ4n) is 4.56. The van der Waals surface area contributed by atoms with Crippen LogP contribution in [0.3, 0.4) is 0 Å². The lowest BCUT2D eigenvalue weighted by Crippen LogP contribution is -2.40. The Kier molecular flexibility index (Phi) is 6.53. The number of tetrazole rings is 1. The molecule has 1 aliphatic rings. The van der Waals surface area contributed by atoms with Crippen molar-refractivity contribution in [1.82, 2.24) is 25.1 Å². The Morgan fingerprint density at radius 2 is 1.67 bits per heavy atom. The molecule has 5 nitrogen and oxygen atoms in total. The van der Waals surface area contributed by atoms with Gasteiger partial charge in [-0.25, -0.2) is 9.07 Å². The summed E-state index contributed by atoms with van der Waals surface area (Å²) in [6.07, 6.45) is 3.54. The summed E-state index contributed by atoms with van der Waals surface area (Å²) in [6.45, 7) is 7.14. The van der Waals surface area contributed by atoms with Gasteiger partial charge in [0.25, 0.3) is 0 Å². The van der Waals surface area contributed by atoms with Gasteiger partial charge >= 0.3 is 0 Å². The minimum absolute atomic E-state index is 0.179. The van der Waals surface area contributed by atoms with Crippen molar-refractivity contribution in [2.75, 3.05) is 13.1 Å². The fourth-order valence-corrected chi connectivity index (χ4v) is 4.56. The van der Waals surface area contributed by atoms with Gasteiger partial charge in [-0.2, -0.15) is 0 Å². The van der Waals surface area contributed by atoms with E-state index in [0.29, 0.717) is 12.5 Å². The van der Waals surface area contributed by atoms with E-state index in [2.05, 4.69) is 64.6 Å². The van der Waals surface area contributed by atoms with Gasteiger partial charge in [0.1, 0.15) is 5.82 Å². The van der Waals surface area contributed by atoms with E-state index >= 15 is 0 Å². The third kappa shape index (κ3) is 4.93. The third-order valence-corrected chi connectivity index (χ3v) is 6.11. The second-order valence-corrected chi connectivity index (χ2v) is 8.68. The molecule has 0 unspecified atom stereocenters. The highest BCUT2D eigenvalue weighted by Crippen LogP contribution is 2.32. The van der Waals surface area contributed by atoms with Gasteiger partial charge in [0.2, 0.25) is 0 Å².